The molecule has 2 aliphatic heterocycles. The predicted octanol–water partition coefficient (Wildman–Crippen LogP) is 4.57. The van der Waals surface area contributed by atoms with Crippen molar-refractivity contribution in [2.24, 2.45) is 5.92 Å². The van der Waals surface area contributed by atoms with Crippen molar-refractivity contribution in [3.8, 4) is 0 Å². The third-order valence-electron chi connectivity index (χ3n) is 5.42. The van der Waals surface area contributed by atoms with Crippen LogP contribution in [0.3, 0.4) is 0 Å². The van der Waals surface area contributed by atoms with Crippen molar-refractivity contribution in [1.82, 2.24) is 4.90 Å². The molecule has 1 aromatic rings. The third kappa shape index (κ3) is 2.58. The molecule has 2 heterocycles. The molecule has 0 bridgehead atoms. The minimum Gasteiger partial charge on any atom is -0.330 e. The van der Waals surface area contributed by atoms with Crippen LogP contribution >= 0.6 is 23.5 Å². The van der Waals surface area contributed by atoms with E-state index in [9.17, 15) is 4.79 Å². The summed E-state index contributed by atoms with van der Waals surface area (Å²) in [6.45, 7) is 2.32. The molecule has 0 aliphatic carbocycles. The number of nitrogens with zero attached hydrogens (tertiary/aromatic N) is 1. The topological polar surface area (TPSA) is 20.3 Å². The minimum absolute atomic E-state index is 0.258. The molecule has 1 aromatic carbocycles. The molecule has 3 atom stereocenters. The Bertz CT molecular complexity index is 529. The number of amides is 1. The van der Waals surface area contributed by atoms with Crippen molar-refractivity contribution in [3.63, 3.8) is 0 Å². The van der Waals surface area contributed by atoms with Crippen LogP contribution in [0.15, 0.2) is 30.3 Å². The van der Waals surface area contributed by atoms with E-state index in [2.05, 4.69) is 54.7 Å². The van der Waals surface area contributed by atoms with Crippen LogP contribution in [0, 0.1) is 5.92 Å². The fourth-order valence-electron chi connectivity index (χ4n) is 4.08. The number of hydrogen-bond donors (Lipinski definition) is 0. The Hall–Kier alpha value is -0.610. The highest BCUT2D eigenvalue weighted by Gasteiger charge is 2.51. The van der Waals surface area contributed by atoms with Gasteiger partial charge in [-0.05, 0) is 49.7 Å². The number of piperidine rings is 2. The van der Waals surface area contributed by atoms with Crippen molar-refractivity contribution in [3.05, 3.63) is 35.9 Å². The SMILES string of the molecule is CSC1(SC)CC[C@@H]2[C@H](C)CC[C@@H](c3ccccc3)N2C1=O. The average molecular weight is 336 g/mol. The summed E-state index contributed by atoms with van der Waals surface area (Å²) in [7, 11) is 0. The lowest BCUT2D eigenvalue weighted by Gasteiger charge is -2.53. The van der Waals surface area contributed by atoms with Crippen molar-refractivity contribution < 1.29 is 4.79 Å². The molecular weight excluding hydrogens is 310 g/mol. The minimum atomic E-state index is -0.277. The lowest BCUT2D eigenvalue weighted by atomic mass is 9.79. The molecule has 2 fully saturated rings. The molecule has 0 N–H and O–H groups in total. The normalized spacial score (nSPS) is 31.0. The van der Waals surface area contributed by atoms with E-state index in [1.807, 2.05) is 0 Å². The summed E-state index contributed by atoms with van der Waals surface area (Å²) in [6, 6.07) is 11.3. The first-order chi connectivity index (χ1) is 10.6. The monoisotopic (exact) mass is 335 g/mol. The van der Waals surface area contributed by atoms with Crippen molar-refractivity contribution in [1.29, 1.82) is 0 Å². The number of thioether (sulfide) groups is 2. The Balaban J connectivity index is 1.98. The van der Waals surface area contributed by atoms with Crippen LogP contribution in [0.5, 0.6) is 0 Å². The number of hydrogen-bond acceptors (Lipinski definition) is 3. The predicted molar refractivity (Wildman–Crippen MR) is 97.2 cm³/mol. The maximum Gasteiger partial charge on any atom is 0.249 e. The van der Waals surface area contributed by atoms with Crippen molar-refractivity contribution in [2.75, 3.05) is 12.5 Å². The summed E-state index contributed by atoms with van der Waals surface area (Å²) in [4.78, 5) is 15.6. The molecular formula is C18H25NOS2. The molecule has 3 rings (SSSR count). The highest BCUT2D eigenvalue weighted by atomic mass is 32.2. The second-order valence-corrected chi connectivity index (χ2v) is 8.93. The highest BCUT2D eigenvalue weighted by molar-refractivity contribution is 8.18. The first-order valence-corrected chi connectivity index (χ1v) is 10.6. The highest BCUT2D eigenvalue weighted by Crippen LogP contribution is 2.50. The van der Waals surface area contributed by atoms with Gasteiger partial charge < -0.3 is 4.90 Å². The van der Waals surface area contributed by atoms with Crippen LogP contribution in [0.4, 0.5) is 0 Å². The van der Waals surface area contributed by atoms with Gasteiger partial charge in [-0.25, -0.2) is 0 Å². The third-order valence-corrected chi connectivity index (χ3v) is 8.50. The largest absolute Gasteiger partial charge is 0.330 e. The number of fused-ring (bicyclic) bond motifs is 1. The summed E-state index contributed by atoms with van der Waals surface area (Å²) >= 11 is 3.45. The van der Waals surface area contributed by atoms with E-state index in [1.165, 1.54) is 12.0 Å². The van der Waals surface area contributed by atoms with E-state index in [0.29, 0.717) is 17.9 Å². The number of carbonyl (C=O) groups excluding carboxylic acids is 1. The quantitative estimate of drug-likeness (QED) is 0.755. The first kappa shape index (κ1) is 16.3. The van der Waals surface area contributed by atoms with Crippen LogP contribution in [0.25, 0.3) is 0 Å². The van der Waals surface area contributed by atoms with Gasteiger partial charge in [-0.2, -0.15) is 0 Å². The van der Waals surface area contributed by atoms with Gasteiger partial charge in [0, 0.05) is 6.04 Å². The standard InChI is InChI=1S/C18H25NOS2/c1-13-9-10-16(14-7-5-4-6-8-14)19-15(13)11-12-18(21-2,22-3)17(19)20/h4-8,13,15-16H,9-12H2,1-3H3/t13-,15-,16+/m1/s1. The van der Waals surface area contributed by atoms with Crippen LogP contribution in [-0.4, -0.2) is 33.4 Å². The van der Waals surface area contributed by atoms with Gasteiger partial charge in [-0.1, -0.05) is 37.3 Å². The van der Waals surface area contributed by atoms with E-state index in [4.69, 9.17) is 0 Å². The average Bonchev–Trinajstić information content (AvgIpc) is 2.57. The Kier molecular flexibility index (Phi) is 4.79. The Labute approximate surface area is 142 Å². The molecule has 22 heavy (non-hydrogen) atoms. The van der Waals surface area contributed by atoms with Gasteiger partial charge in [0.25, 0.3) is 0 Å². The molecule has 2 nitrogen and oxygen atoms in total. The Morgan fingerprint density at radius 2 is 1.77 bits per heavy atom. The van der Waals surface area contributed by atoms with Crippen LogP contribution < -0.4 is 0 Å². The molecule has 0 saturated carbocycles. The summed E-state index contributed by atoms with van der Waals surface area (Å²) < 4.78 is -0.277. The Morgan fingerprint density at radius 1 is 1.09 bits per heavy atom. The molecule has 0 unspecified atom stereocenters. The number of carbonyl (C=O) groups is 1. The number of benzene rings is 1. The molecule has 0 spiro atoms. The van der Waals surface area contributed by atoms with Gasteiger partial charge in [-0.3, -0.25) is 4.79 Å². The lowest BCUT2D eigenvalue weighted by Crippen LogP contribution is -2.59. The zero-order chi connectivity index (χ0) is 15.7. The van der Waals surface area contributed by atoms with E-state index >= 15 is 0 Å². The van der Waals surface area contributed by atoms with Gasteiger partial charge in [0.15, 0.2) is 0 Å². The molecule has 2 aliphatic rings. The van der Waals surface area contributed by atoms with Gasteiger partial charge in [0.2, 0.25) is 5.91 Å². The maximum atomic E-state index is 13.4. The lowest BCUT2D eigenvalue weighted by molar-refractivity contribution is -0.144. The summed E-state index contributed by atoms with van der Waals surface area (Å²) in [5, 5.41) is 0. The second-order valence-electron chi connectivity index (χ2n) is 6.46. The summed E-state index contributed by atoms with van der Waals surface area (Å²) in [6.07, 6.45) is 8.62. The van der Waals surface area contributed by atoms with E-state index < -0.39 is 0 Å². The van der Waals surface area contributed by atoms with Gasteiger partial charge >= 0.3 is 0 Å². The van der Waals surface area contributed by atoms with Gasteiger partial charge in [0.1, 0.15) is 4.08 Å². The summed E-state index contributed by atoms with van der Waals surface area (Å²) in [5.41, 5.74) is 1.30. The molecule has 4 heteroatoms. The smallest absolute Gasteiger partial charge is 0.249 e. The van der Waals surface area contributed by atoms with Gasteiger partial charge in [-0.15, -0.1) is 23.5 Å². The van der Waals surface area contributed by atoms with Crippen LogP contribution in [-0.2, 0) is 4.79 Å². The van der Waals surface area contributed by atoms with E-state index in [-0.39, 0.29) is 10.1 Å². The fraction of sp³-hybridized carbons (Fsp3) is 0.611. The van der Waals surface area contributed by atoms with Crippen molar-refractivity contribution >= 4 is 29.4 Å². The van der Waals surface area contributed by atoms with Crippen LogP contribution in [0.2, 0.25) is 0 Å². The molecule has 0 radical (unpaired) electrons. The first-order valence-electron chi connectivity index (χ1n) is 8.11. The molecule has 0 aromatic heterocycles. The van der Waals surface area contributed by atoms with Gasteiger partial charge in [0.05, 0.1) is 6.04 Å². The molecule has 120 valence electrons. The number of rotatable bonds is 3. The maximum absolute atomic E-state index is 13.4. The van der Waals surface area contributed by atoms with Crippen LogP contribution in [0.1, 0.15) is 44.2 Å². The fourth-order valence-corrected chi connectivity index (χ4v) is 5.95. The Morgan fingerprint density at radius 3 is 2.41 bits per heavy atom. The van der Waals surface area contributed by atoms with E-state index in [1.54, 1.807) is 23.5 Å². The zero-order valence-electron chi connectivity index (χ0n) is 13.6. The summed E-state index contributed by atoms with van der Waals surface area (Å²) in [5.74, 6) is 0.967. The van der Waals surface area contributed by atoms with Crippen molar-refractivity contribution in [2.45, 2.75) is 48.8 Å². The molecule has 1 amide bonds. The second kappa shape index (κ2) is 6.48. The zero-order valence-corrected chi connectivity index (χ0v) is 15.3. The van der Waals surface area contributed by atoms with E-state index in [0.717, 1.165) is 19.3 Å². The molecule has 2 saturated heterocycles.